The molecular formula is C14H21IN2O3S. The van der Waals surface area contributed by atoms with Crippen LogP contribution < -0.4 is 5.73 Å². The topological polar surface area (TPSA) is 72.6 Å². The maximum atomic E-state index is 12.5. The minimum absolute atomic E-state index is 0.153. The fourth-order valence-corrected chi connectivity index (χ4v) is 4.16. The van der Waals surface area contributed by atoms with Gasteiger partial charge >= 0.3 is 0 Å². The quantitative estimate of drug-likeness (QED) is 0.559. The lowest BCUT2D eigenvalue weighted by Crippen LogP contribution is -2.41. The molecule has 0 radical (unpaired) electrons. The fraction of sp³-hybridized carbons (Fsp3) is 0.571. The molecular weight excluding hydrogens is 403 g/mol. The Morgan fingerprint density at radius 3 is 2.43 bits per heavy atom. The number of hydrogen-bond acceptors (Lipinski definition) is 4. The molecule has 1 aliphatic rings. The summed E-state index contributed by atoms with van der Waals surface area (Å²) in [6.45, 7) is 2.31. The first-order valence-corrected chi connectivity index (χ1v) is 9.63. The molecule has 7 heteroatoms. The zero-order valence-corrected chi connectivity index (χ0v) is 14.8. The lowest BCUT2D eigenvalue weighted by Gasteiger charge is -2.31. The van der Waals surface area contributed by atoms with Crippen molar-refractivity contribution in [1.29, 1.82) is 0 Å². The molecule has 1 aliphatic heterocycles. The molecule has 0 spiro atoms. The lowest BCUT2D eigenvalue weighted by atomic mass is 10.1. The Hall–Kier alpha value is -0.220. The Balaban J connectivity index is 1.93. The third kappa shape index (κ3) is 4.62. The zero-order valence-electron chi connectivity index (χ0n) is 11.9. The lowest BCUT2D eigenvalue weighted by molar-refractivity contribution is 0.0209. The summed E-state index contributed by atoms with van der Waals surface area (Å²) < 4.78 is 33.3. The van der Waals surface area contributed by atoms with E-state index in [1.54, 1.807) is 16.4 Å². The Bertz CT molecular complexity index is 540. The normalized spacial score (nSPS) is 18.0. The minimum Gasteiger partial charge on any atom is -0.378 e. The predicted octanol–water partition coefficient (Wildman–Crippen LogP) is 1.81. The molecule has 0 saturated carbocycles. The van der Waals surface area contributed by atoms with Crippen LogP contribution in [0.1, 0.15) is 19.3 Å². The average Bonchev–Trinajstić information content (AvgIpc) is 2.48. The summed E-state index contributed by atoms with van der Waals surface area (Å²) in [5.74, 6) is 0. The monoisotopic (exact) mass is 424 g/mol. The Morgan fingerprint density at radius 2 is 1.86 bits per heavy atom. The molecule has 1 aromatic rings. The molecule has 1 saturated heterocycles. The summed E-state index contributed by atoms with van der Waals surface area (Å²) in [6, 6.07) is 6.97. The SMILES string of the molecule is NCCCOC1CCN(S(=O)(=O)c2ccc(I)cc2)CC1. The number of ether oxygens (including phenoxy) is 1. The van der Waals surface area contributed by atoms with E-state index in [0.717, 1.165) is 22.8 Å². The predicted molar refractivity (Wildman–Crippen MR) is 90.6 cm³/mol. The van der Waals surface area contributed by atoms with Crippen LogP contribution in [0.25, 0.3) is 0 Å². The maximum Gasteiger partial charge on any atom is 0.243 e. The number of benzene rings is 1. The molecule has 0 unspecified atom stereocenters. The molecule has 1 aromatic carbocycles. The molecule has 0 aliphatic carbocycles. The zero-order chi connectivity index (χ0) is 15.3. The third-order valence-electron chi connectivity index (χ3n) is 3.55. The van der Waals surface area contributed by atoms with Gasteiger partial charge in [0.15, 0.2) is 0 Å². The third-order valence-corrected chi connectivity index (χ3v) is 6.19. The van der Waals surface area contributed by atoms with Crippen LogP contribution in [0.2, 0.25) is 0 Å². The molecule has 5 nitrogen and oxygen atoms in total. The van der Waals surface area contributed by atoms with Crippen molar-refractivity contribution in [2.45, 2.75) is 30.3 Å². The highest BCUT2D eigenvalue weighted by Crippen LogP contribution is 2.22. The van der Waals surface area contributed by atoms with E-state index in [9.17, 15) is 8.42 Å². The van der Waals surface area contributed by atoms with Gasteiger partial charge in [-0.1, -0.05) is 0 Å². The van der Waals surface area contributed by atoms with Crippen LogP contribution in [0.4, 0.5) is 0 Å². The van der Waals surface area contributed by atoms with Crippen LogP contribution in [0.15, 0.2) is 29.2 Å². The van der Waals surface area contributed by atoms with Crippen molar-refractivity contribution in [3.05, 3.63) is 27.8 Å². The number of nitrogens with zero attached hydrogens (tertiary/aromatic N) is 1. The van der Waals surface area contributed by atoms with Gasteiger partial charge in [-0.15, -0.1) is 0 Å². The van der Waals surface area contributed by atoms with Gasteiger partial charge < -0.3 is 10.5 Å². The van der Waals surface area contributed by atoms with E-state index in [0.29, 0.717) is 31.1 Å². The molecule has 0 atom stereocenters. The summed E-state index contributed by atoms with van der Waals surface area (Å²) >= 11 is 2.16. The van der Waals surface area contributed by atoms with E-state index in [4.69, 9.17) is 10.5 Å². The Labute approximate surface area is 140 Å². The standard InChI is InChI=1S/C14H21IN2O3S/c15-12-2-4-14(5-3-12)21(18,19)17-9-6-13(7-10-17)20-11-1-8-16/h2-5,13H,1,6-11,16H2. The maximum absolute atomic E-state index is 12.5. The molecule has 21 heavy (non-hydrogen) atoms. The van der Waals surface area contributed by atoms with Crippen LogP contribution in [-0.4, -0.2) is 45.1 Å². The second-order valence-corrected chi connectivity index (χ2v) is 8.25. The molecule has 118 valence electrons. The summed E-state index contributed by atoms with van der Waals surface area (Å²) in [5, 5.41) is 0. The van der Waals surface area contributed by atoms with Crippen molar-refractivity contribution < 1.29 is 13.2 Å². The van der Waals surface area contributed by atoms with Crippen molar-refractivity contribution in [3.63, 3.8) is 0 Å². The highest BCUT2D eigenvalue weighted by molar-refractivity contribution is 14.1. The number of piperidine rings is 1. The van der Waals surface area contributed by atoms with Gasteiger partial charge in [-0.2, -0.15) is 4.31 Å². The Morgan fingerprint density at radius 1 is 1.24 bits per heavy atom. The molecule has 1 fully saturated rings. The van der Waals surface area contributed by atoms with Crippen molar-refractivity contribution in [2.24, 2.45) is 5.73 Å². The smallest absolute Gasteiger partial charge is 0.243 e. The fourth-order valence-electron chi connectivity index (χ4n) is 2.33. The summed E-state index contributed by atoms with van der Waals surface area (Å²) in [7, 11) is -3.37. The second-order valence-electron chi connectivity index (χ2n) is 5.07. The molecule has 2 N–H and O–H groups in total. The van der Waals surface area contributed by atoms with E-state index in [-0.39, 0.29) is 6.10 Å². The van der Waals surface area contributed by atoms with Gasteiger partial charge in [-0.25, -0.2) is 8.42 Å². The van der Waals surface area contributed by atoms with E-state index < -0.39 is 10.0 Å². The first-order valence-electron chi connectivity index (χ1n) is 7.11. The number of hydrogen-bond donors (Lipinski definition) is 1. The van der Waals surface area contributed by atoms with E-state index in [1.807, 2.05) is 12.1 Å². The van der Waals surface area contributed by atoms with Crippen LogP contribution in [0.5, 0.6) is 0 Å². The number of nitrogens with two attached hydrogens (primary N) is 1. The molecule has 0 bridgehead atoms. The average molecular weight is 424 g/mol. The first-order chi connectivity index (χ1) is 10.0. The van der Waals surface area contributed by atoms with Crippen molar-refractivity contribution in [3.8, 4) is 0 Å². The number of rotatable bonds is 6. The summed E-state index contributed by atoms with van der Waals surface area (Å²) in [6.07, 6.45) is 2.49. The van der Waals surface area contributed by atoms with Crippen molar-refractivity contribution in [1.82, 2.24) is 4.31 Å². The number of sulfonamides is 1. The highest BCUT2D eigenvalue weighted by Gasteiger charge is 2.29. The second kappa shape index (κ2) is 7.87. The van der Waals surface area contributed by atoms with Gasteiger partial charge in [0.2, 0.25) is 10.0 Å². The molecule has 1 heterocycles. The largest absolute Gasteiger partial charge is 0.378 e. The van der Waals surface area contributed by atoms with Gasteiger partial charge in [0.25, 0.3) is 0 Å². The molecule has 0 aromatic heterocycles. The Kier molecular flexibility index (Phi) is 6.42. The van der Waals surface area contributed by atoms with Crippen molar-refractivity contribution >= 4 is 32.6 Å². The summed E-state index contributed by atoms with van der Waals surface area (Å²) in [5.41, 5.74) is 5.43. The van der Waals surface area contributed by atoms with Crippen LogP contribution >= 0.6 is 22.6 Å². The summed E-state index contributed by atoms with van der Waals surface area (Å²) in [4.78, 5) is 0.366. The van der Waals surface area contributed by atoms with Crippen LogP contribution in [-0.2, 0) is 14.8 Å². The van der Waals surface area contributed by atoms with Gasteiger partial charge in [0, 0.05) is 23.3 Å². The molecule has 2 rings (SSSR count). The van der Waals surface area contributed by atoms with Crippen LogP contribution in [0.3, 0.4) is 0 Å². The van der Waals surface area contributed by atoms with Gasteiger partial charge in [-0.3, -0.25) is 0 Å². The first kappa shape index (κ1) is 17.1. The minimum atomic E-state index is -3.37. The molecule has 0 amide bonds. The van der Waals surface area contributed by atoms with Gasteiger partial charge in [-0.05, 0) is 72.7 Å². The number of halogens is 1. The van der Waals surface area contributed by atoms with Crippen molar-refractivity contribution in [2.75, 3.05) is 26.2 Å². The van der Waals surface area contributed by atoms with Crippen LogP contribution in [0, 0.1) is 3.57 Å². The van der Waals surface area contributed by atoms with E-state index in [2.05, 4.69) is 22.6 Å². The van der Waals surface area contributed by atoms with E-state index in [1.165, 1.54) is 0 Å². The van der Waals surface area contributed by atoms with E-state index >= 15 is 0 Å². The van der Waals surface area contributed by atoms with Gasteiger partial charge in [0.05, 0.1) is 11.0 Å². The van der Waals surface area contributed by atoms with Gasteiger partial charge in [0.1, 0.15) is 0 Å². The highest BCUT2D eigenvalue weighted by atomic mass is 127.